The number of benzene rings is 1. The molecule has 0 radical (unpaired) electrons. The zero-order valence-corrected chi connectivity index (χ0v) is 13.4. The van der Waals surface area contributed by atoms with Gasteiger partial charge < -0.3 is 15.1 Å². The monoisotopic (exact) mass is 316 g/mol. The molecule has 1 N–H and O–H groups in total. The Morgan fingerprint density at radius 1 is 1.09 bits per heavy atom. The average molecular weight is 316 g/mol. The van der Waals surface area contributed by atoms with E-state index >= 15 is 0 Å². The summed E-state index contributed by atoms with van der Waals surface area (Å²) in [6.07, 6.45) is 1.67. The van der Waals surface area contributed by atoms with Crippen molar-refractivity contribution in [2.75, 3.05) is 41.3 Å². The summed E-state index contributed by atoms with van der Waals surface area (Å²) >= 11 is 0. The summed E-state index contributed by atoms with van der Waals surface area (Å²) in [5.74, 6) is 1.17. The minimum atomic E-state index is -0.173. The molecule has 0 spiro atoms. The molecule has 3 rings (SSSR count). The summed E-state index contributed by atoms with van der Waals surface area (Å²) in [5.41, 5.74) is 0.662. The molecule has 1 saturated heterocycles. The zero-order valence-electron chi connectivity index (χ0n) is 13.4. The third-order valence-corrected chi connectivity index (χ3v) is 3.76. The molecule has 0 aliphatic carbocycles. The molecular formula is C16H21FN6. The molecule has 0 unspecified atom stereocenters. The number of aromatic nitrogens is 3. The van der Waals surface area contributed by atoms with Crippen molar-refractivity contribution in [2.45, 2.75) is 19.9 Å². The van der Waals surface area contributed by atoms with Crippen LogP contribution < -0.4 is 15.1 Å². The van der Waals surface area contributed by atoms with Crippen molar-refractivity contribution in [3.63, 3.8) is 0 Å². The molecule has 0 saturated carbocycles. The van der Waals surface area contributed by atoms with Crippen LogP contribution in [0.25, 0.3) is 0 Å². The molecule has 1 aliphatic heterocycles. The van der Waals surface area contributed by atoms with Crippen molar-refractivity contribution in [3.8, 4) is 0 Å². The average Bonchev–Trinajstić information content (AvgIpc) is 2.55. The Morgan fingerprint density at radius 3 is 2.48 bits per heavy atom. The van der Waals surface area contributed by atoms with Gasteiger partial charge in [0.25, 0.3) is 0 Å². The smallest absolute Gasteiger partial charge is 0.244 e. The molecule has 7 heteroatoms. The van der Waals surface area contributed by atoms with E-state index in [-0.39, 0.29) is 11.9 Å². The second-order valence-corrected chi connectivity index (χ2v) is 5.86. The lowest BCUT2D eigenvalue weighted by Crippen LogP contribution is -2.47. The first-order chi connectivity index (χ1) is 11.1. The molecule has 2 heterocycles. The van der Waals surface area contributed by atoms with Gasteiger partial charge in [0.1, 0.15) is 5.82 Å². The normalized spacial score (nSPS) is 15.1. The number of para-hydroxylation sites is 1. The SMILES string of the molecule is CC(C)Nc1nncc(N2CCN(c3ccccc3F)CC2)n1. The number of piperazine rings is 1. The lowest BCUT2D eigenvalue weighted by molar-refractivity contribution is 0.595. The Labute approximate surface area is 135 Å². The van der Waals surface area contributed by atoms with Gasteiger partial charge in [-0.1, -0.05) is 12.1 Å². The van der Waals surface area contributed by atoms with Gasteiger partial charge in [0.15, 0.2) is 5.82 Å². The van der Waals surface area contributed by atoms with Crippen LogP contribution >= 0.6 is 0 Å². The number of hydrogen-bond acceptors (Lipinski definition) is 6. The summed E-state index contributed by atoms with van der Waals surface area (Å²) in [6, 6.07) is 7.15. The number of nitrogens with zero attached hydrogens (tertiary/aromatic N) is 5. The van der Waals surface area contributed by atoms with Crippen LogP contribution in [0.5, 0.6) is 0 Å². The summed E-state index contributed by atoms with van der Waals surface area (Å²) in [4.78, 5) is 8.71. The predicted molar refractivity (Wildman–Crippen MR) is 89.4 cm³/mol. The number of halogens is 1. The highest BCUT2D eigenvalue weighted by molar-refractivity contribution is 5.50. The van der Waals surface area contributed by atoms with Gasteiger partial charge in [0.2, 0.25) is 5.95 Å². The first-order valence-corrected chi connectivity index (χ1v) is 7.84. The Kier molecular flexibility index (Phi) is 4.55. The quantitative estimate of drug-likeness (QED) is 0.933. The molecule has 1 aromatic heterocycles. The van der Waals surface area contributed by atoms with Crippen LogP contribution in [0, 0.1) is 5.82 Å². The highest BCUT2D eigenvalue weighted by atomic mass is 19.1. The largest absolute Gasteiger partial charge is 0.366 e. The van der Waals surface area contributed by atoms with Crippen molar-refractivity contribution < 1.29 is 4.39 Å². The maximum atomic E-state index is 13.9. The summed E-state index contributed by atoms with van der Waals surface area (Å²) in [6.45, 7) is 7.10. The van der Waals surface area contributed by atoms with E-state index in [1.165, 1.54) is 6.07 Å². The van der Waals surface area contributed by atoms with Crippen LogP contribution in [0.4, 0.5) is 21.8 Å². The molecule has 1 aromatic carbocycles. The Hall–Kier alpha value is -2.44. The van der Waals surface area contributed by atoms with E-state index in [2.05, 4.69) is 30.3 Å². The third-order valence-electron chi connectivity index (χ3n) is 3.76. The Morgan fingerprint density at radius 2 is 1.78 bits per heavy atom. The van der Waals surface area contributed by atoms with E-state index < -0.39 is 0 Å². The van der Waals surface area contributed by atoms with Crippen molar-refractivity contribution in [3.05, 3.63) is 36.3 Å². The summed E-state index contributed by atoms with van der Waals surface area (Å²) in [7, 11) is 0. The van der Waals surface area contributed by atoms with Crippen LogP contribution in [0.15, 0.2) is 30.5 Å². The fourth-order valence-electron chi connectivity index (χ4n) is 2.65. The van der Waals surface area contributed by atoms with Gasteiger partial charge in [0.05, 0.1) is 11.9 Å². The third kappa shape index (κ3) is 3.67. The second-order valence-electron chi connectivity index (χ2n) is 5.86. The van der Waals surface area contributed by atoms with E-state index in [4.69, 9.17) is 0 Å². The van der Waals surface area contributed by atoms with E-state index in [9.17, 15) is 4.39 Å². The molecular weight excluding hydrogens is 295 g/mol. The maximum absolute atomic E-state index is 13.9. The topological polar surface area (TPSA) is 57.2 Å². The molecule has 6 nitrogen and oxygen atoms in total. The molecule has 1 fully saturated rings. The lowest BCUT2D eigenvalue weighted by Gasteiger charge is -2.36. The summed E-state index contributed by atoms with van der Waals surface area (Å²) in [5, 5.41) is 11.2. The summed E-state index contributed by atoms with van der Waals surface area (Å²) < 4.78 is 13.9. The maximum Gasteiger partial charge on any atom is 0.244 e. The number of hydrogen-bond donors (Lipinski definition) is 1. The fourth-order valence-corrected chi connectivity index (χ4v) is 2.65. The van der Waals surface area contributed by atoms with Gasteiger partial charge in [-0.2, -0.15) is 10.1 Å². The van der Waals surface area contributed by atoms with Crippen LogP contribution in [0.3, 0.4) is 0 Å². The van der Waals surface area contributed by atoms with Crippen LogP contribution in [-0.4, -0.2) is 47.4 Å². The standard InChI is InChI=1S/C16H21FN6/c1-12(2)19-16-20-15(11-18-21-16)23-9-7-22(8-10-23)14-6-4-3-5-13(14)17/h3-6,11-12H,7-10H2,1-2H3,(H,19,20,21). The van der Waals surface area contributed by atoms with Gasteiger partial charge >= 0.3 is 0 Å². The van der Waals surface area contributed by atoms with Crippen molar-refractivity contribution in [1.82, 2.24) is 15.2 Å². The highest BCUT2D eigenvalue weighted by Gasteiger charge is 2.20. The second kappa shape index (κ2) is 6.76. The van der Waals surface area contributed by atoms with E-state index in [0.29, 0.717) is 11.6 Å². The minimum Gasteiger partial charge on any atom is -0.366 e. The van der Waals surface area contributed by atoms with Crippen molar-refractivity contribution >= 4 is 17.5 Å². The number of rotatable bonds is 4. The van der Waals surface area contributed by atoms with Gasteiger partial charge in [0, 0.05) is 32.2 Å². The van der Waals surface area contributed by atoms with Crippen LogP contribution in [-0.2, 0) is 0 Å². The zero-order chi connectivity index (χ0) is 16.2. The fraction of sp³-hybridized carbons (Fsp3) is 0.438. The van der Waals surface area contributed by atoms with Gasteiger partial charge in [-0.05, 0) is 26.0 Å². The van der Waals surface area contributed by atoms with E-state index in [1.54, 1.807) is 12.3 Å². The Balaban J connectivity index is 1.66. The number of nitrogens with one attached hydrogen (secondary N) is 1. The van der Waals surface area contributed by atoms with Crippen molar-refractivity contribution in [1.29, 1.82) is 0 Å². The number of anilines is 3. The molecule has 0 amide bonds. The van der Waals surface area contributed by atoms with Gasteiger partial charge in [-0.3, -0.25) is 0 Å². The lowest BCUT2D eigenvalue weighted by atomic mass is 10.2. The first-order valence-electron chi connectivity index (χ1n) is 7.84. The molecule has 122 valence electrons. The molecule has 1 aliphatic rings. The predicted octanol–water partition coefficient (Wildman–Crippen LogP) is 2.16. The highest BCUT2D eigenvalue weighted by Crippen LogP contribution is 2.22. The van der Waals surface area contributed by atoms with Crippen LogP contribution in [0.1, 0.15) is 13.8 Å². The van der Waals surface area contributed by atoms with E-state index in [0.717, 1.165) is 32.0 Å². The van der Waals surface area contributed by atoms with Crippen LogP contribution in [0.2, 0.25) is 0 Å². The minimum absolute atomic E-state index is 0.173. The van der Waals surface area contributed by atoms with Gasteiger partial charge in [-0.15, -0.1) is 5.10 Å². The Bertz CT molecular complexity index is 655. The molecule has 2 aromatic rings. The molecule has 0 atom stereocenters. The van der Waals surface area contributed by atoms with Gasteiger partial charge in [-0.25, -0.2) is 4.39 Å². The van der Waals surface area contributed by atoms with Crippen molar-refractivity contribution in [2.24, 2.45) is 0 Å². The molecule has 0 bridgehead atoms. The van der Waals surface area contributed by atoms with E-state index in [1.807, 2.05) is 26.0 Å². The molecule has 23 heavy (non-hydrogen) atoms. The first kappa shape index (κ1) is 15.5.